The van der Waals surface area contributed by atoms with Crippen molar-refractivity contribution < 1.29 is 39.3 Å². The second-order valence-electron chi connectivity index (χ2n) is 3.28. The normalized spacial score (nSPS) is 8.12. The van der Waals surface area contributed by atoms with Crippen LogP contribution in [-0.4, -0.2) is 11.9 Å². The Morgan fingerprint density at radius 2 is 1.12 bits per heavy atom. The van der Waals surface area contributed by atoms with Crippen molar-refractivity contribution >= 4 is 11.9 Å². The maximum Gasteiger partial charge on any atom is 2.00 e. The molecule has 0 aliphatic rings. The van der Waals surface area contributed by atoms with Gasteiger partial charge < -0.3 is 19.8 Å². The Morgan fingerprint density at radius 1 is 0.882 bits per heavy atom. The Bertz CT molecular complexity index is 244. The predicted molar refractivity (Wildman–Crippen MR) is 58.1 cm³/mol. The molecule has 0 bridgehead atoms. The summed E-state index contributed by atoms with van der Waals surface area (Å²) in [5.41, 5.74) is 0.375. The zero-order chi connectivity index (χ0) is 13.1. The van der Waals surface area contributed by atoms with Crippen LogP contribution in [0.2, 0.25) is 0 Å². The first-order valence-corrected chi connectivity index (χ1v) is 5.14. The monoisotopic (exact) mass is 290 g/mol. The zero-order valence-corrected chi connectivity index (χ0v) is 13.5. The molecule has 5 heteroatoms. The van der Waals surface area contributed by atoms with Gasteiger partial charge in [-0.3, -0.25) is 0 Å². The van der Waals surface area contributed by atoms with Gasteiger partial charge in [-0.25, -0.2) is 0 Å². The number of rotatable bonds is 6. The van der Waals surface area contributed by atoms with E-state index in [1.807, 2.05) is 13.8 Å². The van der Waals surface area contributed by atoms with E-state index in [-0.39, 0.29) is 30.6 Å². The van der Waals surface area contributed by atoms with Gasteiger partial charge in [-0.15, -0.1) is 0 Å². The van der Waals surface area contributed by atoms with Crippen molar-refractivity contribution in [3.8, 4) is 0 Å². The van der Waals surface area contributed by atoms with E-state index < -0.39 is 11.9 Å². The molecule has 0 fully saturated rings. The summed E-state index contributed by atoms with van der Waals surface area (Å²) in [5, 5.41) is 19.8. The first-order chi connectivity index (χ1) is 7.36. The molecule has 0 aromatic heterocycles. The average molecular weight is 292 g/mol. The minimum atomic E-state index is -1.13. The molecule has 92 valence electrons. The number of hydrogen-bond donors (Lipinski definition) is 0. The van der Waals surface area contributed by atoms with Crippen LogP contribution in [0.15, 0.2) is 24.3 Å². The molecule has 17 heavy (non-hydrogen) atoms. The molecule has 0 N–H and O–H groups in total. The predicted octanol–water partition coefficient (Wildman–Crippen LogP) is 0.183. The van der Waals surface area contributed by atoms with E-state index in [4.69, 9.17) is 0 Å². The summed E-state index contributed by atoms with van der Waals surface area (Å²) < 4.78 is 0. The number of hydrogen-bond acceptors (Lipinski definition) is 4. The molecule has 0 aromatic rings. The van der Waals surface area contributed by atoms with Crippen molar-refractivity contribution in [1.82, 2.24) is 0 Å². The summed E-state index contributed by atoms with van der Waals surface area (Å²) in [6.07, 6.45) is 2.68. The molecule has 0 spiro atoms. The van der Waals surface area contributed by atoms with Crippen LogP contribution in [-0.2, 0) is 29.1 Å². The maximum atomic E-state index is 9.88. The second-order valence-corrected chi connectivity index (χ2v) is 3.28. The van der Waals surface area contributed by atoms with Crippen LogP contribution in [0.25, 0.3) is 0 Å². The van der Waals surface area contributed by atoms with Crippen LogP contribution in [0.4, 0.5) is 0 Å². The summed E-state index contributed by atoms with van der Waals surface area (Å²) in [4.78, 5) is 19.8. The van der Waals surface area contributed by atoms with Crippen molar-refractivity contribution in [1.29, 1.82) is 0 Å². The molecule has 4 nitrogen and oxygen atoms in total. The van der Waals surface area contributed by atoms with Gasteiger partial charge in [0.1, 0.15) is 0 Å². The summed E-state index contributed by atoms with van der Waals surface area (Å²) in [5.74, 6) is -2.27. The minimum Gasteiger partial charge on any atom is -0.545 e. The molecular weight excluding hydrogens is 274 g/mol. The number of carbonyl (C=O) groups excluding carboxylic acids is 2. The smallest absolute Gasteiger partial charge is 0.545 e. The molecule has 0 aliphatic heterocycles. The van der Waals surface area contributed by atoms with Crippen LogP contribution in [0.1, 0.15) is 39.5 Å². The Morgan fingerprint density at radius 3 is 1.18 bits per heavy atom. The van der Waals surface area contributed by atoms with Gasteiger partial charge in [0.15, 0.2) is 0 Å². The quantitative estimate of drug-likeness (QED) is 0.516. The Hall–Kier alpha value is -0.957. The van der Waals surface area contributed by atoms with Gasteiger partial charge in [-0.05, 0) is 24.0 Å². The maximum absolute atomic E-state index is 9.88. The summed E-state index contributed by atoms with van der Waals surface area (Å²) >= 11 is 0. The van der Waals surface area contributed by atoms with E-state index >= 15 is 0 Å². The van der Waals surface area contributed by atoms with E-state index in [2.05, 4.69) is 13.2 Å². The molecule has 0 unspecified atom stereocenters. The van der Waals surface area contributed by atoms with Crippen molar-refractivity contribution in [2.75, 3.05) is 0 Å². The van der Waals surface area contributed by atoms with Crippen LogP contribution >= 0.6 is 0 Å². The van der Waals surface area contributed by atoms with Gasteiger partial charge in [-0.1, -0.05) is 39.8 Å². The molecule has 0 atom stereocenters. The summed E-state index contributed by atoms with van der Waals surface area (Å²) in [6.45, 7) is 10.4. The first kappa shape index (κ1) is 21.3. The number of carboxylic acids is 2. The number of aliphatic carboxylic acids is 2. The fourth-order valence-electron chi connectivity index (χ4n) is 0.808. The fraction of sp³-hybridized carbons (Fsp3) is 0.500. The van der Waals surface area contributed by atoms with E-state index in [1.165, 1.54) is 0 Å². The molecule has 0 saturated carbocycles. The summed E-state index contributed by atoms with van der Waals surface area (Å²) in [6, 6.07) is 0. The Kier molecular flexibility index (Phi) is 16.5. The molecule has 0 saturated heterocycles. The van der Waals surface area contributed by atoms with E-state index in [0.717, 1.165) is 12.8 Å². The second kappa shape index (κ2) is 13.1. The molecule has 0 rings (SSSR count). The topological polar surface area (TPSA) is 80.3 Å². The first-order valence-electron chi connectivity index (χ1n) is 5.14. The minimum absolute atomic E-state index is 0. The average Bonchev–Trinajstić information content (AvgIpc) is 2.19. The van der Waals surface area contributed by atoms with E-state index in [9.17, 15) is 19.8 Å². The molecule has 0 amide bonds. The third kappa shape index (κ3) is 15.0. The van der Waals surface area contributed by atoms with Crippen molar-refractivity contribution in [2.24, 2.45) is 0 Å². The fourth-order valence-corrected chi connectivity index (χ4v) is 0.808. The Balaban J connectivity index is -0.000000218. The third-order valence-electron chi connectivity index (χ3n) is 1.68. The summed E-state index contributed by atoms with van der Waals surface area (Å²) in [7, 11) is 0. The number of carbonyl (C=O) groups is 2. The number of carboxylic acid groups (broad SMARTS) is 2. The SMILES string of the molecule is C=C(CCC)C(=O)[O-].C=C(CCC)C(=O)[O-].[Zn+2]. The van der Waals surface area contributed by atoms with Gasteiger partial charge in [0.25, 0.3) is 0 Å². The van der Waals surface area contributed by atoms with Crippen LogP contribution in [0.5, 0.6) is 0 Å². The molecule has 0 aromatic carbocycles. The zero-order valence-electron chi connectivity index (χ0n) is 10.6. The molecular formula is C12H18O4Zn. The standard InChI is InChI=1S/2C6H10O2.Zn/c2*1-3-4-5(2)6(7)8;/h2*2-4H2,1H3,(H,7,8);/q;;+2/p-2. The molecule has 0 radical (unpaired) electrons. The van der Waals surface area contributed by atoms with Crippen LogP contribution < -0.4 is 10.2 Å². The van der Waals surface area contributed by atoms with Gasteiger partial charge in [0, 0.05) is 0 Å². The van der Waals surface area contributed by atoms with Gasteiger partial charge in [-0.2, -0.15) is 0 Å². The van der Waals surface area contributed by atoms with Crippen molar-refractivity contribution in [3.63, 3.8) is 0 Å². The van der Waals surface area contributed by atoms with E-state index in [0.29, 0.717) is 12.8 Å². The third-order valence-corrected chi connectivity index (χ3v) is 1.68. The van der Waals surface area contributed by atoms with Crippen molar-refractivity contribution in [3.05, 3.63) is 24.3 Å². The molecule has 0 aliphatic carbocycles. The van der Waals surface area contributed by atoms with Gasteiger partial charge in [0.2, 0.25) is 0 Å². The van der Waals surface area contributed by atoms with Crippen molar-refractivity contribution in [2.45, 2.75) is 39.5 Å². The largest absolute Gasteiger partial charge is 2.00 e. The molecule has 0 heterocycles. The van der Waals surface area contributed by atoms with Crippen LogP contribution in [0, 0.1) is 0 Å². The Labute approximate surface area is 115 Å². The van der Waals surface area contributed by atoms with Crippen LogP contribution in [0.3, 0.4) is 0 Å². The van der Waals surface area contributed by atoms with Gasteiger partial charge in [0.05, 0.1) is 11.9 Å². The van der Waals surface area contributed by atoms with E-state index in [1.54, 1.807) is 0 Å². The van der Waals surface area contributed by atoms with Gasteiger partial charge >= 0.3 is 19.5 Å².